The monoisotopic (exact) mass is 448 g/mol. The summed E-state index contributed by atoms with van der Waals surface area (Å²) in [6.07, 6.45) is 0.966. The first kappa shape index (κ1) is 23.3. The summed E-state index contributed by atoms with van der Waals surface area (Å²) < 4.78 is 11.4. The van der Waals surface area contributed by atoms with Crippen LogP contribution in [0.2, 0.25) is 0 Å². The second kappa shape index (κ2) is 11.9. The van der Waals surface area contributed by atoms with Gasteiger partial charge in [0.2, 0.25) is 0 Å². The van der Waals surface area contributed by atoms with Gasteiger partial charge in [-0.1, -0.05) is 42.5 Å². The summed E-state index contributed by atoms with van der Waals surface area (Å²) in [4.78, 5) is 12.4. The zero-order valence-corrected chi connectivity index (χ0v) is 19.2. The predicted molar refractivity (Wildman–Crippen MR) is 131 cm³/mol. The van der Waals surface area contributed by atoms with Gasteiger partial charge in [0.1, 0.15) is 11.5 Å². The largest absolute Gasteiger partial charge is 0.493 e. The van der Waals surface area contributed by atoms with E-state index in [2.05, 4.69) is 22.8 Å². The Hall–Kier alpha value is -3.38. The summed E-state index contributed by atoms with van der Waals surface area (Å²) in [6.45, 7) is 5.07. The number of carbonyl (C=O) groups excluding carboxylic acids is 1. The van der Waals surface area contributed by atoms with Gasteiger partial charge in [-0.3, -0.25) is 10.1 Å². The van der Waals surface area contributed by atoms with Gasteiger partial charge in [0.25, 0.3) is 5.91 Å². The van der Waals surface area contributed by atoms with Crippen LogP contribution in [0.3, 0.4) is 0 Å². The van der Waals surface area contributed by atoms with Crippen molar-refractivity contribution in [3.05, 3.63) is 95.6 Å². The lowest BCUT2D eigenvalue weighted by Crippen LogP contribution is -2.38. The summed E-state index contributed by atoms with van der Waals surface area (Å²) in [5.41, 5.74) is 2.78. The molecular formula is C26H28N2O3S. The molecule has 3 aromatic rings. The minimum Gasteiger partial charge on any atom is -0.493 e. The van der Waals surface area contributed by atoms with Gasteiger partial charge in [-0.25, -0.2) is 0 Å². The van der Waals surface area contributed by atoms with Crippen molar-refractivity contribution < 1.29 is 14.3 Å². The van der Waals surface area contributed by atoms with E-state index in [0.29, 0.717) is 18.7 Å². The van der Waals surface area contributed by atoms with E-state index >= 15 is 0 Å². The van der Waals surface area contributed by atoms with E-state index in [1.165, 1.54) is 5.56 Å². The van der Waals surface area contributed by atoms with Crippen molar-refractivity contribution in [3.8, 4) is 11.5 Å². The first-order valence-electron chi connectivity index (χ1n) is 10.6. The van der Waals surface area contributed by atoms with Gasteiger partial charge in [-0.05, 0) is 73.6 Å². The zero-order chi connectivity index (χ0) is 22.8. The number of thiocarbonyl (C=S) groups is 1. The molecule has 0 atom stereocenters. The highest BCUT2D eigenvalue weighted by Gasteiger charge is 2.08. The molecule has 0 aliphatic rings. The Balaban J connectivity index is 1.41. The molecule has 0 saturated carbocycles. The zero-order valence-electron chi connectivity index (χ0n) is 18.3. The van der Waals surface area contributed by atoms with Crippen LogP contribution in [0.4, 0.5) is 0 Å². The van der Waals surface area contributed by atoms with Crippen molar-refractivity contribution >= 4 is 23.2 Å². The molecule has 2 N–H and O–H groups in total. The van der Waals surface area contributed by atoms with Gasteiger partial charge in [0.15, 0.2) is 5.11 Å². The van der Waals surface area contributed by atoms with Gasteiger partial charge >= 0.3 is 0 Å². The van der Waals surface area contributed by atoms with Gasteiger partial charge in [-0.2, -0.15) is 0 Å². The lowest BCUT2D eigenvalue weighted by Gasteiger charge is -2.12. The minimum atomic E-state index is -0.265. The fraction of sp³-hybridized carbons (Fsp3) is 0.231. The molecule has 0 fully saturated rings. The molecule has 0 aliphatic carbocycles. The smallest absolute Gasteiger partial charge is 0.257 e. The van der Waals surface area contributed by atoms with Gasteiger partial charge in [-0.15, -0.1) is 0 Å². The molecule has 166 valence electrons. The van der Waals surface area contributed by atoms with Crippen LogP contribution in [-0.2, 0) is 13.0 Å². The second-order valence-corrected chi connectivity index (χ2v) is 7.96. The standard InChI is InChI=1S/C26H28N2O3S/c1-19(2)31-24-12-8-21(9-13-24)18-27-26(32)28-25(29)22-10-14-23(15-11-22)30-17-16-20-6-4-3-5-7-20/h3-15,19H,16-18H2,1-2H3,(H2,27,28,29,32). The van der Waals surface area contributed by atoms with Crippen molar-refractivity contribution in [1.82, 2.24) is 10.6 Å². The molecule has 3 rings (SSSR count). The Labute approximate surface area is 194 Å². The topological polar surface area (TPSA) is 59.6 Å². The summed E-state index contributed by atoms with van der Waals surface area (Å²) in [5, 5.41) is 6.03. The number of rotatable bonds is 9. The maximum Gasteiger partial charge on any atom is 0.257 e. The average molecular weight is 449 g/mol. The molecule has 0 heterocycles. The number of benzene rings is 3. The molecule has 1 amide bonds. The van der Waals surface area contributed by atoms with Gasteiger partial charge < -0.3 is 14.8 Å². The number of hydrogen-bond donors (Lipinski definition) is 2. The number of nitrogens with one attached hydrogen (secondary N) is 2. The highest BCUT2D eigenvalue weighted by molar-refractivity contribution is 7.80. The fourth-order valence-corrected chi connectivity index (χ4v) is 3.16. The highest BCUT2D eigenvalue weighted by Crippen LogP contribution is 2.14. The van der Waals surface area contributed by atoms with Crippen LogP contribution in [0.5, 0.6) is 11.5 Å². The molecule has 0 saturated heterocycles. The maximum absolute atomic E-state index is 12.4. The van der Waals surface area contributed by atoms with E-state index in [0.717, 1.165) is 23.5 Å². The molecular weight excluding hydrogens is 420 g/mol. The fourth-order valence-electron chi connectivity index (χ4n) is 2.99. The van der Waals surface area contributed by atoms with Crippen LogP contribution in [0.25, 0.3) is 0 Å². The van der Waals surface area contributed by atoms with Crippen LogP contribution >= 0.6 is 12.2 Å². The molecule has 32 heavy (non-hydrogen) atoms. The Kier molecular flexibility index (Phi) is 8.63. The van der Waals surface area contributed by atoms with Crippen LogP contribution < -0.4 is 20.1 Å². The maximum atomic E-state index is 12.4. The summed E-state index contributed by atoms with van der Waals surface area (Å²) in [5.74, 6) is 1.29. The van der Waals surface area contributed by atoms with E-state index in [4.69, 9.17) is 21.7 Å². The van der Waals surface area contributed by atoms with Crippen LogP contribution in [0.15, 0.2) is 78.9 Å². The lowest BCUT2D eigenvalue weighted by atomic mass is 10.2. The Morgan fingerprint density at radius 3 is 2.19 bits per heavy atom. The molecule has 0 unspecified atom stereocenters. The van der Waals surface area contributed by atoms with Crippen molar-refractivity contribution in [1.29, 1.82) is 0 Å². The van der Waals surface area contributed by atoms with E-state index in [1.54, 1.807) is 24.3 Å². The molecule has 5 nitrogen and oxygen atoms in total. The molecule has 6 heteroatoms. The third kappa shape index (κ3) is 7.71. The van der Waals surface area contributed by atoms with E-state index in [9.17, 15) is 4.79 Å². The highest BCUT2D eigenvalue weighted by atomic mass is 32.1. The summed E-state index contributed by atoms with van der Waals surface area (Å²) in [6, 6.07) is 25.0. The van der Waals surface area contributed by atoms with Gasteiger partial charge in [0.05, 0.1) is 12.7 Å². The van der Waals surface area contributed by atoms with Crippen LogP contribution in [-0.4, -0.2) is 23.7 Å². The van der Waals surface area contributed by atoms with Crippen molar-refractivity contribution in [3.63, 3.8) is 0 Å². The SMILES string of the molecule is CC(C)Oc1ccc(CNC(=S)NC(=O)c2ccc(OCCc3ccccc3)cc2)cc1. The van der Waals surface area contributed by atoms with E-state index < -0.39 is 0 Å². The van der Waals surface area contributed by atoms with Crippen molar-refractivity contribution in [2.45, 2.75) is 32.9 Å². The van der Waals surface area contributed by atoms with Crippen molar-refractivity contribution in [2.75, 3.05) is 6.61 Å². The molecule has 0 spiro atoms. The van der Waals surface area contributed by atoms with Crippen LogP contribution in [0.1, 0.15) is 35.3 Å². The Bertz CT molecular complexity index is 1000. The molecule has 0 aromatic heterocycles. The van der Waals surface area contributed by atoms with E-state index in [-0.39, 0.29) is 17.1 Å². The minimum absolute atomic E-state index is 0.136. The predicted octanol–water partition coefficient (Wildman–Crippen LogP) is 4.90. The summed E-state index contributed by atoms with van der Waals surface area (Å²) >= 11 is 5.25. The molecule has 3 aromatic carbocycles. The number of hydrogen-bond acceptors (Lipinski definition) is 4. The molecule has 0 aliphatic heterocycles. The summed E-state index contributed by atoms with van der Waals surface area (Å²) in [7, 11) is 0. The van der Waals surface area contributed by atoms with E-state index in [1.807, 2.05) is 56.3 Å². The third-order valence-corrected chi connectivity index (χ3v) is 4.84. The average Bonchev–Trinajstić information content (AvgIpc) is 2.79. The second-order valence-electron chi connectivity index (χ2n) is 7.56. The normalized spacial score (nSPS) is 10.5. The molecule has 0 bridgehead atoms. The van der Waals surface area contributed by atoms with Gasteiger partial charge in [0, 0.05) is 18.5 Å². The lowest BCUT2D eigenvalue weighted by molar-refractivity contribution is 0.0976. The number of amides is 1. The number of carbonyl (C=O) groups is 1. The molecule has 0 radical (unpaired) electrons. The third-order valence-electron chi connectivity index (χ3n) is 4.59. The first-order chi connectivity index (χ1) is 15.5. The number of ether oxygens (including phenoxy) is 2. The first-order valence-corrected chi connectivity index (χ1v) is 11.0. The Morgan fingerprint density at radius 1 is 0.875 bits per heavy atom. The Morgan fingerprint density at radius 2 is 1.53 bits per heavy atom. The van der Waals surface area contributed by atoms with Crippen LogP contribution in [0, 0.1) is 0 Å². The van der Waals surface area contributed by atoms with Crippen molar-refractivity contribution in [2.24, 2.45) is 0 Å². The quantitative estimate of drug-likeness (QED) is 0.456.